The average Bonchev–Trinajstić information content (AvgIpc) is 1.64. The highest BCUT2D eigenvalue weighted by Gasteiger charge is 2.47. The number of aromatic amines is 1. The molecule has 5 heterocycles. The van der Waals surface area contributed by atoms with E-state index in [1.807, 2.05) is 0 Å². The number of H-pyrrole nitrogens is 1. The summed E-state index contributed by atoms with van der Waals surface area (Å²) >= 11 is 0. The Labute approximate surface area is 655 Å². The van der Waals surface area contributed by atoms with E-state index in [9.17, 15) is 76.4 Å². The number of nitrogens with two attached hydrogens (primary N) is 2. The van der Waals surface area contributed by atoms with E-state index >= 15 is 14.4 Å². The molecule has 4 aliphatic heterocycles. The van der Waals surface area contributed by atoms with Crippen LogP contribution in [0, 0.1) is 29.6 Å². The van der Waals surface area contributed by atoms with Crippen LogP contribution in [0.3, 0.4) is 0 Å². The fraction of sp³-hybridized carbons (Fsp3) is 0.560. The number of ether oxygens (including phenoxy) is 2. The zero-order chi connectivity index (χ0) is 83.1. The fourth-order valence-electron chi connectivity index (χ4n) is 13.3. The summed E-state index contributed by atoms with van der Waals surface area (Å²) in [7, 11) is 0.398. The lowest BCUT2D eigenvalue weighted by molar-refractivity contribution is -0.145. The van der Waals surface area contributed by atoms with Gasteiger partial charge < -0.3 is 93.6 Å². The molecular weight excluding hydrogens is 1490 g/mol. The van der Waals surface area contributed by atoms with Gasteiger partial charge in [0.2, 0.25) is 59.1 Å². The van der Waals surface area contributed by atoms with E-state index in [1.54, 1.807) is 64.1 Å². The predicted octanol–water partition coefficient (Wildman–Crippen LogP) is -0.574. The molecule has 0 saturated carbocycles. The number of imide groups is 1. The number of carbonyl (C=O) groups is 17. The van der Waals surface area contributed by atoms with Gasteiger partial charge >= 0.3 is 18.2 Å². The Morgan fingerprint density at radius 1 is 0.726 bits per heavy atom. The van der Waals surface area contributed by atoms with Crippen molar-refractivity contribution < 1.29 is 100 Å². The van der Waals surface area contributed by atoms with Gasteiger partial charge in [-0.25, -0.2) is 14.4 Å². The van der Waals surface area contributed by atoms with Crippen molar-refractivity contribution in [1.29, 1.82) is 0 Å². The van der Waals surface area contributed by atoms with Crippen LogP contribution in [0.25, 0.3) is 10.9 Å². The van der Waals surface area contributed by atoms with Gasteiger partial charge in [-0.05, 0) is 80.2 Å². The standard InChI is InChI=1S/C75H104N16O21S/c1-9-41(4)64-69(104)80-35-59(97)82-53-39-113(110)71-50(49-16-12-13-17-51(49)84-71)30-45(66(101)79-36-60(98)86-64)31-56(94)65(42(5)43(6)92)87-68(103)54-34-48(37-91(54)72(106)46(32-55(53)93)33-57(76)95)112-75(109)89(8)29-28-88(7)74(108)111-38-44-20-22-47(23-21-44)81-67(102)52(18-15-26-78-73(77)107)83-70(105)63(40(2)3)85-58(96)19-11-10-14-27-90-61(99)24-25-62(90)100/h12-13,16-17,20-25,40-43,45-46,48,52-54,63-65,84,92H,9-11,14-15,18-19,26-39H2,1-8H3,(H2,76,95)(H,79,101)(H,80,104)(H,81,102)(H,82,97)(H,83,105)(H,85,96)(H,86,98)(H,87,103)(H3,77,78,107)/t41-,42-,43-,45+,46-,48+,52-,53-,54?,63-,64-,65-,113?/m0/s1. The maximum Gasteiger partial charge on any atom is 0.409 e. The van der Waals surface area contributed by atoms with Crippen LogP contribution in [-0.2, 0) is 100 Å². The van der Waals surface area contributed by atoms with Crippen molar-refractivity contribution in [3.05, 3.63) is 71.8 Å². The van der Waals surface area contributed by atoms with Gasteiger partial charge in [0.1, 0.15) is 41.9 Å². The van der Waals surface area contributed by atoms with Crippen molar-refractivity contribution in [1.82, 2.24) is 67.1 Å². The van der Waals surface area contributed by atoms with Crippen molar-refractivity contribution in [3.63, 3.8) is 0 Å². The Balaban J connectivity index is 1.03. The number of benzene rings is 2. The summed E-state index contributed by atoms with van der Waals surface area (Å²) in [6.07, 6.45) is -3.29. The van der Waals surface area contributed by atoms with Gasteiger partial charge in [-0.15, -0.1) is 0 Å². The quantitative estimate of drug-likeness (QED) is 0.0320. The lowest BCUT2D eigenvalue weighted by Crippen LogP contribution is -2.56. The van der Waals surface area contributed by atoms with Gasteiger partial charge in [0.05, 0.1) is 60.3 Å². The highest BCUT2D eigenvalue weighted by molar-refractivity contribution is 7.85. The molecule has 4 aliphatic rings. The molecule has 3 aromatic rings. The smallest absolute Gasteiger partial charge is 0.409 e. The van der Waals surface area contributed by atoms with E-state index in [4.69, 9.17) is 20.9 Å². The SMILES string of the molecule is CC[C@H](C)[C@@H]1NC(=O)CNC(=O)[C@H]2CC(=O)[C@H]([C@@H](C)[C@H](C)O)NC(=O)C3C[C@@H](OC(=O)N(C)CCN(C)C(=O)OCc4ccc(NC(=O)[C@H](CCCNC(N)=O)NC(=O)[C@@H](NC(=O)CCCCCN5C(=O)C=CC5=O)C(C)C)cc4)CN3C(=O)[C@H](CC(N)=O)CC(=O)[C@H](CS(=O)c3[nH]c4ccccc4c3C2)NC(=O)CNC1=O. The molecule has 7 rings (SSSR count). The average molecular weight is 1600 g/mol. The predicted molar refractivity (Wildman–Crippen MR) is 406 cm³/mol. The molecule has 1 saturated heterocycles. The van der Waals surface area contributed by atoms with Crippen molar-refractivity contribution in [3.8, 4) is 0 Å². The molecule has 37 nitrogen and oxygen atoms in total. The number of unbranched alkanes of at least 4 members (excludes halogenated alkanes) is 2. The second-order valence-corrected chi connectivity index (χ2v) is 30.7. The van der Waals surface area contributed by atoms with E-state index in [1.165, 1.54) is 52.2 Å². The van der Waals surface area contributed by atoms with E-state index in [-0.39, 0.29) is 74.7 Å². The molecule has 0 spiro atoms. The molecule has 38 heteroatoms. The minimum Gasteiger partial charge on any atom is -0.445 e. The van der Waals surface area contributed by atoms with Crippen molar-refractivity contribution in [2.45, 2.75) is 179 Å². The lowest BCUT2D eigenvalue weighted by atomic mass is 9.86. The summed E-state index contributed by atoms with van der Waals surface area (Å²) in [6, 6.07) is 3.50. The number of fused-ring (bicyclic) bond motifs is 5. The number of rotatable bonds is 28. The van der Waals surface area contributed by atoms with Crippen LogP contribution in [0.2, 0.25) is 0 Å². The van der Waals surface area contributed by atoms with E-state index in [2.05, 4.69) is 52.8 Å². The van der Waals surface area contributed by atoms with E-state index in [0.29, 0.717) is 42.1 Å². The number of para-hydroxylation sites is 1. The normalized spacial score (nSPS) is 22.2. The first-order valence-corrected chi connectivity index (χ1v) is 39.0. The second kappa shape index (κ2) is 41.9. The lowest BCUT2D eigenvalue weighted by Gasteiger charge is -2.32. The van der Waals surface area contributed by atoms with Crippen LogP contribution in [0.15, 0.2) is 65.7 Å². The third kappa shape index (κ3) is 25.7. The third-order valence-corrected chi connectivity index (χ3v) is 21.7. The third-order valence-electron chi connectivity index (χ3n) is 20.3. The number of aromatic nitrogens is 1. The number of Topliss-reactive ketones (excluding diaryl/α,β-unsaturated/α-hetero) is 2. The number of aliphatic hydroxyl groups is 1. The zero-order valence-corrected chi connectivity index (χ0v) is 65.4. The number of amides is 16. The number of ketones is 2. The number of aliphatic hydroxyl groups excluding tert-OH is 1. The summed E-state index contributed by atoms with van der Waals surface area (Å²) in [5.74, 6) is -16.8. The van der Waals surface area contributed by atoms with Gasteiger partial charge in [-0.1, -0.05) is 77.8 Å². The molecule has 13 atom stereocenters. The number of nitrogens with one attached hydrogen (secondary N) is 10. The fourth-order valence-corrected chi connectivity index (χ4v) is 14.7. The first-order chi connectivity index (χ1) is 53.5. The molecule has 616 valence electrons. The summed E-state index contributed by atoms with van der Waals surface area (Å²) in [4.78, 5) is 240. The number of nitrogens with zero attached hydrogens (tertiary/aromatic N) is 4. The number of hydrogen-bond donors (Lipinski definition) is 13. The zero-order valence-electron chi connectivity index (χ0n) is 64.6. The first-order valence-electron chi connectivity index (χ1n) is 37.6. The Morgan fingerprint density at radius 2 is 1.38 bits per heavy atom. The van der Waals surface area contributed by atoms with E-state index < -0.39 is 241 Å². The topological polar surface area (TPSA) is 535 Å². The van der Waals surface area contributed by atoms with Crippen molar-refractivity contribution >= 4 is 128 Å². The van der Waals surface area contributed by atoms with Crippen LogP contribution in [0.5, 0.6) is 0 Å². The largest absolute Gasteiger partial charge is 0.445 e. The van der Waals surface area contributed by atoms with Crippen LogP contribution >= 0.6 is 0 Å². The Hall–Kier alpha value is -11.2. The molecule has 2 unspecified atom stereocenters. The monoisotopic (exact) mass is 1600 g/mol. The molecule has 0 aliphatic carbocycles. The molecule has 113 heavy (non-hydrogen) atoms. The van der Waals surface area contributed by atoms with E-state index in [0.717, 1.165) is 19.6 Å². The van der Waals surface area contributed by atoms with Gasteiger partial charge in [0, 0.05) is 113 Å². The minimum absolute atomic E-state index is 0.0346. The van der Waals surface area contributed by atoms with Crippen LogP contribution in [0.1, 0.15) is 123 Å². The number of urea groups is 1. The summed E-state index contributed by atoms with van der Waals surface area (Å²) in [5, 5.41) is 34.9. The molecule has 2 aromatic carbocycles. The van der Waals surface area contributed by atoms with Crippen LogP contribution in [-0.4, -0.2) is 249 Å². The first kappa shape index (κ1) is 89.0. The number of hydrogen-bond acceptors (Lipinski definition) is 21. The summed E-state index contributed by atoms with van der Waals surface area (Å²) in [5.41, 5.74) is 12.4. The molecule has 2 bridgehead atoms. The van der Waals surface area contributed by atoms with Gasteiger partial charge in [-0.2, -0.15) is 0 Å². The highest BCUT2D eigenvalue weighted by atomic mass is 32.2. The summed E-state index contributed by atoms with van der Waals surface area (Å²) in [6.45, 7) is 7.26. The Kier molecular flexibility index (Phi) is 33.0. The molecule has 0 radical (unpaired) electrons. The number of carbonyl (C=O) groups excluding carboxylic acids is 17. The van der Waals surface area contributed by atoms with Gasteiger partial charge in [0.15, 0.2) is 11.6 Å². The Morgan fingerprint density at radius 3 is 2.03 bits per heavy atom. The van der Waals surface area contributed by atoms with Crippen molar-refractivity contribution in [2.24, 2.45) is 41.1 Å². The number of anilines is 1. The van der Waals surface area contributed by atoms with Gasteiger partial charge in [0.25, 0.3) is 11.8 Å². The summed E-state index contributed by atoms with van der Waals surface area (Å²) < 4.78 is 26.4. The number of primary amides is 2. The molecule has 1 aromatic heterocycles. The van der Waals surface area contributed by atoms with Crippen molar-refractivity contribution in [2.75, 3.05) is 71.0 Å². The molecule has 15 N–H and O–H groups in total. The minimum atomic E-state index is -2.32. The maximum absolute atomic E-state index is 15.2. The highest BCUT2D eigenvalue weighted by Crippen LogP contribution is 2.32. The van der Waals surface area contributed by atoms with Gasteiger partial charge in [-0.3, -0.25) is 76.2 Å². The molecular formula is C75H104N16O21S. The Bertz CT molecular complexity index is 4090. The maximum atomic E-state index is 15.2. The molecule has 16 amide bonds. The second-order valence-electron chi connectivity index (χ2n) is 29.3. The molecule has 1 fully saturated rings. The van der Waals surface area contributed by atoms with Crippen LogP contribution < -0.4 is 59.3 Å². The van der Waals surface area contributed by atoms with Crippen LogP contribution in [0.4, 0.5) is 20.1 Å². The number of likely N-dealkylation sites (N-methyl/N-ethyl adjacent to an activating group) is 2.